The summed E-state index contributed by atoms with van der Waals surface area (Å²) in [6.45, 7) is 0. The maximum atomic E-state index is 12.0. The Morgan fingerprint density at radius 3 is 1.35 bits per heavy atom. The molecule has 0 bridgehead atoms. The number of hydrogen-bond donors (Lipinski definition) is 5. The van der Waals surface area contributed by atoms with Gasteiger partial charge in [0, 0.05) is 94.7 Å². The van der Waals surface area contributed by atoms with Gasteiger partial charge in [-0.1, -0.05) is 0 Å². The molecule has 0 aromatic heterocycles. The monoisotopic (exact) mass is 677 g/mol. The van der Waals surface area contributed by atoms with E-state index in [-0.39, 0.29) is 110 Å². The van der Waals surface area contributed by atoms with Crippen molar-refractivity contribution in [1.82, 2.24) is 0 Å². The predicted octanol–water partition coefficient (Wildman–Crippen LogP) is 3.68. The van der Waals surface area contributed by atoms with Gasteiger partial charge in [-0.15, -0.1) is 5.11 Å². The molecular weight excluding hydrogens is 661 g/mol. The first kappa shape index (κ1) is 39.7. The molecule has 4 aromatic carbocycles. The van der Waals surface area contributed by atoms with Gasteiger partial charge in [0.05, 0.1) is 32.2 Å². The zero-order chi connectivity index (χ0) is 29.5. The van der Waals surface area contributed by atoms with Crippen LogP contribution < -0.4 is 0 Å². The van der Waals surface area contributed by atoms with Crippen LogP contribution in [0.5, 0.6) is 11.5 Å². The topological polar surface area (TPSA) is 253 Å². The number of benzene rings is 4. The summed E-state index contributed by atoms with van der Waals surface area (Å²) in [5.41, 5.74) is -0.0256. The standard InChI is InChI=1S/C22H16N4O11S3.3Na/c27-18-11-17(39(32,33)34)9-12-10-19(40(35,36)37)21(22(28)20(12)18)26-25-14-3-1-13(2-4-14)23-24-15-5-7-16(8-6-15)38(29,30)31;;;/h1-11,27-28H,(H,29,30,31)(H,32,33,34)(H,35,36,37);;;. The molecule has 0 heterocycles. The summed E-state index contributed by atoms with van der Waals surface area (Å²) in [4.78, 5) is -2.06. The minimum absolute atomic E-state index is 0. The van der Waals surface area contributed by atoms with E-state index in [9.17, 15) is 44.6 Å². The summed E-state index contributed by atoms with van der Waals surface area (Å²) in [6.07, 6.45) is 0. The molecule has 4 aromatic rings. The number of nitrogens with zero attached hydrogens (tertiary/aromatic N) is 4. The average molecular weight is 678 g/mol. The van der Waals surface area contributed by atoms with Gasteiger partial charge in [-0.3, -0.25) is 13.7 Å². The molecule has 0 spiro atoms. The quantitative estimate of drug-likeness (QED) is 0.107. The summed E-state index contributed by atoms with van der Waals surface area (Å²) in [5.74, 6) is -1.78. The predicted molar refractivity (Wildman–Crippen MR) is 155 cm³/mol. The first-order valence-electron chi connectivity index (χ1n) is 10.5. The Morgan fingerprint density at radius 2 is 0.930 bits per heavy atom. The third-order valence-corrected chi connectivity index (χ3v) is 7.78. The molecule has 0 atom stereocenters. The molecule has 0 saturated heterocycles. The van der Waals surface area contributed by atoms with Crippen LogP contribution in [0.4, 0.5) is 22.7 Å². The third kappa shape index (κ3) is 9.83. The van der Waals surface area contributed by atoms with E-state index >= 15 is 0 Å². The molecule has 5 N–H and O–H groups in total. The van der Waals surface area contributed by atoms with E-state index in [2.05, 4.69) is 20.5 Å². The first-order chi connectivity index (χ1) is 18.5. The van der Waals surface area contributed by atoms with E-state index < -0.39 is 62.7 Å². The maximum absolute atomic E-state index is 12.0. The molecule has 3 radical (unpaired) electrons. The number of phenolic OH excluding ortho intramolecular Hbond substituents is 2. The smallest absolute Gasteiger partial charge is 0.296 e. The Bertz CT molecular complexity index is 2040. The number of phenols is 2. The zero-order valence-corrected chi connectivity index (χ0v) is 31.0. The molecule has 43 heavy (non-hydrogen) atoms. The van der Waals surface area contributed by atoms with Gasteiger partial charge in [0.1, 0.15) is 16.3 Å². The number of fused-ring (bicyclic) bond motifs is 1. The minimum atomic E-state index is -5.05. The van der Waals surface area contributed by atoms with Crippen LogP contribution in [0.25, 0.3) is 10.8 Å². The third-order valence-electron chi connectivity index (χ3n) is 5.21. The number of aromatic hydroxyl groups is 2. The molecule has 0 aliphatic rings. The first-order valence-corrected chi connectivity index (χ1v) is 14.8. The van der Waals surface area contributed by atoms with Crippen LogP contribution in [0.1, 0.15) is 0 Å². The normalized spacial score (nSPS) is 12.1. The summed E-state index contributed by atoms with van der Waals surface area (Å²) in [5, 5.41) is 35.5. The summed E-state index contributed by atoms with van der Waals surface area (Å²) in [6, 6.07) is 12.7. The van der Waals surface area contributed by atoms with Crippen LogP contribution in [-0.2, 0) is 30.4 Å². The second-order valence-corrected chi connectivity index (χ2v) is 12.2. The molecule has 4 rings (SSSR count). The van der Waals surface area contributed by atoms with Gasteiger partial charge in [-0.05, 0) is 66.0 Å². The van der Waals surface area contributed by atoms with E-state index in [1.165, 1.54) is 36.4 Å². The Morgan fingerprint density at radius 1 is 0.512 bits per heavy atom. The van der Waals surface area contributed by atoms with Crippen LogP contribution >= 0.6 is 0 Å². The number of rotatable bonds is 7. The van der Waals surface area contributed by atoms with Crippen molar-refractivity contribution in [2.45, 2.75) is 14.7 Å². The van der Waals surface area contributed by atoms with Crippen molar-refractivity contribution in [3.8, 4) is 11.5 Å². The van der Waals surface area contributed by atoms with Gasteiger partial charge < -0.3 is 10.2 Å². The molecule has 0 aliphatic carbocycles. The van der Waals surface area contributed by atoms with Crippen molar-refractivity contribution in [3.05, 3.63) is 66.7 Å². The largest absolute Gasteiger partial charge is 0.507 e. The molecule has 211 valence electrons. The SMILES string of the molecule is O=S(=O)(O)c1ccc(N=Nc2ccc(N=Nc3c(S(=O)(=O)O)cc4cc(S(=O)(=O)O)cc(O)c4c3O)cc2)cc1.[Na].[Na].[Na]. The summed E-state index contributed by atoms with van der Waals surface area (Å²) >= 11 is 0. The number of azo groups is 2. The fourth-order valence-electron chi connectivity index (χ4n) is 3.37. The molecule has 15 nitrogen and oxygen atoms in total. The van der Waals surface area contributed by atoms with Gasteiger partial charge in [0.2, 0.25) is 0 Å². The van der Waals surface area contributed by atoms with Crippen molar-refractivity contribution >= 4 is 153 Å². The second kappa shape index (κ2) is 15.3. The van der Waals surface area contributed by atoms with Crippen molar-refractivity contribution in [3.63, 3.8) is 0 Å². The van der Waals surface area contributed by atoms with Gasteiger partial charge in [0.25, 0.3) is 30.4 Å². The van der Waals surface area contributed by atoms with E-state index in [0.29, 0.717) is 11.8 Å². The molecule has 21 heteroatoms. The molecule has 0 unspecified atom stereocenters. The van der Waals surface area contributed by atoms with Crippen molar-refractivity contribution < 1.29 is 49.1 Å². The molecular formula is C22H16N4Na3O11S3. The Kier molecular flexibility index (Phi) is 14.1. The van der Waals surface area contributed by atoms with Crippen LogP contribution in [0.15, 0.2) is 102 Å². The Hall–Kier alpha value is -1.33. The molecule has 0 fully saturated rings. The van der Waals surface area contributed by atoms with Gasteiger partial charge in [-0.25, -0.2) is 0 Å². The van der Waals surface area contributed by atoms with E-state index in [1.807, 2.05) is 0 Å². The number of hydrogen-bond acceptors (Lipinski definition) is 12. The molecule has 0 saturated carbocycles. The van der Waals surface area contributed by atoms with Crippen LogP contribution in [0.2, 0.25) is 0 Å². The van der Waals surface area contributed by atoms with Crippen molar-refractivity contribution in [2.24, 2.45) is 20.5 Å². The van der Waals surface area contributed by atoms with Gasteiger partial charge in [-0.2, -0.15) is 40.6 Å². The van der Waals surface area contributed by atoms with Gasteiger partial charge in [0.15, 0.2) is 5.75 Å². The fourth-order valence-corrected chi connectivity index (χ4v) is 5.05. The molecule has 0 aliphatic heterocycles. The van der Waals surface area contributed by atoms with Crippen molar-refractivity contribution in [1.29, 1.82) is 0 Å². The Labute approximate surface area is 311 Å². The minimum Gasteiger partial charge on any atom is -0.507 e. The van der Waals surface area contributed by atoms with Crippen LogP contribution in [-0.4, -0.2) is 138 Å². The van der Waals surface area contributed by atoms with E-state index in [4.69, 9.17) is 4.55 Å². The average Bonchev–Trinajstić information content (AvgIpc) is 2.85. The van der Waals surface area contributed by atoms with E-state index in [1.54, 1.807) is 0 Å². The van der Waals surface area contributed by atoms with Gasteiger partial charge >= 0.3 is 0 Å². The van der Waals surface area contributed by atoms with Crippen LogP contribution in [0, 0.1) is 0 Å². The van der Waals surface area contributed by atoms with Crippen molar-refractivity contribution in [2.75, 3.05) is 0 Å². The fraction of sp³-hybridized carbons (Fsp3) is 0. The van der Waals surface area contributed by atoms with E-state index in [0.717, 1.165) is 24.3 Å². The summed E-state index contributed by atoms with van der Waals surface area (Å²) in [7, 11) is -14.2. The zero-order valence-electron chi connectivity index (χ0n) is 22.6. The Balaban J connectivity index is 0.00000308. The summed E-state index contributed by atoms with van der Waals surface area (Å²) < 4.78 is 96.9. The second-order valence-electron chi connectivity index (χ2n) is 7.95. The molecule has 0 amide bonds. The van der Waals surface area contributed by atoms with Crippen LogP contribution in [0.3, 0.4) is 0 Å². The maximum Gasteiger partial charge on any atom is 0.296 e.